The molecule has 1 heterocycles. The molecule has 0 spiro atoms. The van der Waals surface area contributed by atoms with E-state index in [1.54, 1.807) is 4.90 Å². The standard InChI is InChI=1S/C27H32N2O3/c1-3-29-26(32)23(24(30)27(29,2)18-19-10-6-4-7-11-19)25(31)28-22-16-14-21(15-17-22)20-12-8-5-9-13-20/h4,6-7,10-11,14-17,20,30H,3,5,8-9,12-13,18H2,1-2H3,(H,28,31). The van der Waals surface area contributed by atoms with Gasteiger partial charge >= 0.3 is 0 Å². The fourth-order valence-electron chi connectivity index (χ4n) is 5.20. The average molecular weight is 433 g/mol. The Bertz CT molecular complexity index is 1010. The molecule has 4 rings (SSSR count). The van der Waals surface area contributed by atoms with Crippen molar-refractivity contribution in [1.29, 1.82) is 0 Å². The Kier molecular flexibility index (Phi) is 6.35. The third kappa shape index (κ3) is 4.16. The Labute approximate surface area is 190 Å². The molecule has 1 saturated carbocycles. The number of hydrogen-bond donors (Lipinski definition) is 2. The molecule has 5 heteroatoms. The predicted molar refractivity (Wildman–Crippen MR) is 126 cm³/mol. The lowest BCUT2D eigenvalue weighted by Gasteiger charge is -2.35. The van der Waals surface area contributed by atoms with Crippen molar-refractivity contribution >= 4 is 17.5 Å². The minimum absolute atomic E-state index is 0.162. The molecule has 1 unspecified atom stereocenters. The zero-order valence-corrected chi connectivity index (χ0v) is 18.9. The van der Waals surface area contributed by atoms with E-state index in [0.29, 0.717) is 24.6 Å². The number of anilines is 1. The summed E-state index contributed by atoms with van der Waals surface area (Å²) < 4.78 is 0. The molecule has 1 aliphatic heterocycles. The number of hydrogen-bond acceptors (Lipinski definition) is 3. The zero-order valence-electron chi connectivity index (χ0n) is 18.9. The molecule has 2 aromatic carbocycles. The van der Waals surface area contributed by atoms with Gasteiger partial charge in [-0.2, -0.15) is 0 Å². The van der Waals surface area contributed by atoms with Gasteiger partial charge in [-0.15, -0.1) is 0 Å². The van der Waals surface area contributed by atoms with Crippen LogP contribution in [0, 0.1) is 0 Å². The molecule has 32 heavy (non-hydrogen) atoms. The first-order chi connectivity index (χ1) is 15.4. The number of likely N-dealkylation sites (N-methyl/N-ethyl adjacent to an activating group) is 1. The monoisotopic (exact) mass is 432 g/mol. The second-order valence-electron chi connectivity index (χ2n) is 9.12. The minimum Gasteiger partial charge on any atom is -0.509 e. The van der Waals surface area contributed by atoms with Crippen molar-refractivity contribution in [3.8, 4) is 0 Å². The highest BCUT2D eigenvalue weighted by Crippen LogP contribution is 2.37. The summed E-state index contributed by atoms with van der Waals surface area (Å²) in [5, 5.41) is 13.9. The topological polar surface area (TPSA) is 69.6 Å². The fraction of sp³-hybridized carbons (Fsp3) is 0.407. The predicted octanol–water partition coefficient (Wildman–Crippen LogP) is 5.35. The van der Waals surface area contributed by atoms with Gasteiger partial charge in [0.1, 0.15) is 16.9 Å². The van der Waals surface area contributed by atoms with Gasteiger partial charge in [0.2, 0.25) is 0 Å². The number of benzene rings is 2. The lowest BCUT2D eigenvalue weighted by Crippen LogP contribution is -2.47. The maximum atomic E-state index is 13.1. The molecular formula is C27H32N2O3. The Morgan fingerprint density at radius 1 is 1.06 bits per heavy atom. The van der Waals surface area contributed by atoms with Gasteiger partial charge in [-0.3, -0.25) is 9.59 Å². The molecule has 0 radical (unpaired) electrons. The number of aliphatic hydroxyl groups is 1. The number of carbonyl (C=O) groups is 2. The lowest BCUT2D eigenvalue weighted by atomic mass is 9.84. The van der Waals surface area contributed by atoms with Crippen LogP contribution in [-0.2, 0) is 16.0 Å². The van der Waals surface area contributed by atoms with E-state index < -0.39 is 17.4 Å². The van der Waals surface area contributed by atoms with Crippen molar-refractivity contribution in [2.24, 2.45) is 0 Å². The third-order valence-corrected chi connectivity index (χ3v) is 6.98. The van der Waals surface area contributed by atoms with Crippen LogP contribution in [0.15, 0.2) is 65.9 Å². The van der Waals surface area contributed by atoms with E-state index in [2.05, 4.69) is 17.4 Å². The van der Waals surface area contributed by atoms with Gasteiger partial charge < -0.3 is 15.3 Å². The maximum Gasteiger partial charge on any atom is 0.264 e. The summed E-state index contributed by atoms with van der Waals surface area (Å²) >= 11 is 0. The van der Waals surface area contributed by atoms with Crippen LogP contribution in [0.3, 0.4) is 0 Å². The van der Waals surface area contributed by atoms with Crippen molar-refractivity contribution in [1.82, 2.24) is 4.90 Å². The van der Waals surface area contributed by atoms with Gasteiger partial charge in [0.25, 0.3) is 11.8 Å². The van der Waals surface area contributed by atoms with Crippen molar-refractivity contribution in [2.75, 3.05) is 11.9 Å². The smallest absolute Gasteiger partial charge is 0.264 e. The van der Waals surface area contributed by atoms with Crippen molar-refractivity contribution < 1.29 is 14.7 Å². The molecule has 1 atom stereocenters. The number of amides is 2. The van der Waals surface area contributed by atoms with Gasteiger partial charge in [-0.25, -0.2) is 0 Å². The molecule has 0 bridgehead atoms. The molecule has 2 N–H and O–H groups in total. The average Bonchev–Trinajstić information content (AvgIpc) is 2.99. The molecule has 2 aliphatic rings. The second-order valence-corrected chi connectivity index (χ2v) is 9.12. The molecule has 2 amide bonds. The van der Waals surface area contributed by atoms with Crippen molar-refractivity contribution in [3.05, 3.63) is 77.1 Å². The number of nitrogens with one attached hydrogen (secondary N) is 1. The summed E-state index contributed by atoms with van der Waals surface area (Å²) in [6, 6.07) is 17.6. The zero-order chi connectivity index (χ0) is 22.7. The van der Waals surface area contributed by atoms with Crippen LogP contribution in [0.25, 0.3) is 0 Å². The summed E-state index contributed by atoms with van der Waals surface area (Å²) in [5.74, 6) is -0.564. The van der Waals surface area contributed by atoms with E-state index in [0.717, 1.165) is 5.56 Å². The molecule has 5 nitrogen and oxygen atoms in total. The second kappa shape index (κ2) is 9.19. The van der Waals surface area contributed by atoms with Crippen molar-refractivity contribution in [2.45, 2.75) is 63.8 Å². The Hall–Kier alpha value is -3.08. The molecule has 0 saturated heterocycles. The summed E-state index contributed by atoms with van der Waals surface area (Å²) in [7, 11) is 0. The van der Waals surface area contributed by atoms with E-state index in [4.69, 9.17) is 0 Å². The number of carbonyl (C=O) groups excluding carboxylic acids is 2. The molecule has 1 fully saturated rings. The molecule has 0 aromatic heterocycles. The number of aliphatic hydroxyl groups excluding tert-OH is 1. The summed E-state index contributed by atoms with van der Waals surface area (Å²) in [4.78, 5) is 27.7. The van der Waals surface area contributed by atoms with Crippen LogP contribution < -0.4 is 5.32 Å². The maximum absolute atomic E-state index is 13.1. The first-order valence-electron chi connectivity index (χ1n) is 11.6. The van der Waals surface area contributed by atoms with Gasteiger partial charge in [0, 0.05) is 18.7 Å². The van der Waals surface area contributed by atoms with Crippen LogP contribution in [0.1, 0.15) is 63.0 Å². The summed E-state index contributed by atoms with van der Waals surface area (Å²) in [5.41, 5.74) is 1.80. The highest BCUT2D eigenvalue weighted by atomic mass is 16.3. The van der Waals surface area contributed by atoms with E-state index in [-0.39, 0.29) is 11.3 Å². The van der Waals surface area contributed by atoms with Gasteiger partial charge in [0.15, 0.2) is 0 Å². The van der Waals surface area contributed by atoms with Crippen LogP contribution in [0.5, 0.6) is 0 Å². The normalized spacial score (nSPS) is 21.8. The first-order valence-corrected chi connectivity index (χ1v) is 11.6. The third-order valence-electron chi connectivity index (χ3n) is 6.98. The van der Waals surface area contributed by atoms with Crippen molar-refractivity contribution in [3.63, 3.8) is 0 Å². The van der Waals surface area contributed by atoms with Gasteiger partial charge in [-0.05, 0) is 55.9 Å². The van der Waals surface area contributed by atoms with Crippen LogP contribution in [0.4, 0.5) is 5.69 Å². The largest absolute Gasteiger partial charge is 0.509 e. The fourth-order valence-corrected chi connectivity index (χ4v) is 5.20. The Morgan fingerprint density at radius 2 is 1.72 bits per heavy atom. The molecule has 2 aromatic rings. The Morgan fingerprint density at radius 3 is 2.34 bits per heavy atom. The Balaban J connectivity index is 1.54. The summed E-state index contributed by atoms with van der Waals surface area (Å²) in [6.45, 7) is 4.08. The quantitative estimate of drug-likeness (QED) is 0.605. The first kappa shape index (κ1) is 22.1. The van der Waals surface area contributed by atoms with Crippen LogP contribution in [0.2, 0.25) is 0 Å². The molecular weight excluding hydrogens is 400 g/mol. The van der Waals surface area contributed by atoms with E-state index in [1.165, 1.54) is 37.7 Å². The lowest BCUT2D eigenvalue weighted by molar-refractivity contribution is -0.130. The number of rotatable bonds is 6. The van der Waals surface area contributed by atoms with Gasteiger partial charge in [0.05, 0.1) is 0 Å². The minimum atomic E-state index is -0.954. The van der Waals surface area contributed by atoms with Crippen LogP contribution >= 0.6 is 0 Å². The van der Waals surface area contributed by atoms with Gasteiger partial charge in [-0.1, -0.05) is 61.7 Å². The number of nitrogens with zero attached hydrogens (tertiary/aromatic N) is 1. The molecule has 168 valence electrons. The SMILES string of the molecule is CCN1C(=O)C(C(=O)Nc2ccc(C3CCCCC3)cc2)=C(O)C1(C)Cc1ccccc1. The van der Waals surface area contributed by atoms with E-state index >= 15 is 0 Å². The highest BCUT2D eigenvalue weighted by molar-refractivity contribution is 6.24. The summed E-state index contributed by atoms with van der Waals surface area (Å²) in [6.07, 6.45) is 6.73. The highest BCUT2D eigenvalue weighted by Gasteiger charge is 2.50. The van der Waals surface area contributed by atoms with E-state index in [1.807, 2.05) is 56.3 Å². The van der Waals surface area contributed by atoms with E-state index in [9.17, 15) is 14.7 Å². The molecule has 1 aliphatic carbocycles. The van der Waals surface area contributed by atoms with Crippen LogP contribution in [-0.4, -0.2) is 33.9 Å².